The van der Waals surface area contributed by atoms with Crippen molar-refractivity contribution in [3.8, 4) is 0 Å². The maximum absolute atomic E-state index is 11.9. The van der Waals surface area contributed by atoms with Crippen LogP contribution in [0.25, 0.3) is 10.9 Å². The minimum Gasteiger partial charge on any atom is -0.461 e. The van der Waals surface area contributed by atoms with Crippen LogP contribution in [0.3, 0.4) is 0 Å². The lowest BCUT2D eigenvalue weighted by atomic mass is 10.1. The fourth-order valence-corrected chi connectivity index (χ4v) is 2.36. The van der Waals surface area contributed by atoms with E-state index in [1.165, 1.54) is 0 Å². The molecular weight excluding hydrogens is 264 g/mol. The predicted octanol–water partition coefficient (Wildman–Crippen LogP) is 3.26. The van der Waals surface area contributed by atoms with Gasteiger partial charge in [0, 0.05) is 24.3 Å². The number of fused-ring (bicyclic) bond motifs is 1. The Labute approximate surface area is 123 Å². The van der Waals surface area contributed by atoms with E-state index >= 15 is 0 Å². The number of hydrogen-bond acceptors (Lipinski definition) is 3. The first-order chi connectivity index (χ1) is 10.3. The molecule has 0 aliphatic rings. The Morgan fingerprint density at radius 1 is 1.24 bits per heavy atom. The second-order valence-electron chi connectivity index (χ2n) is 4.77. The highest BCUT2D eigenvalue weighted by molar-refractivity contribution is 5.87. The van der Waals surface area contributed by atoms with Crippen LogP contribution in [0.1, 0.15) is 23.0 Å². The number of nitrogens with zero attached hydrogens (tertiary/aromatic N) is 2. The summed E-state index contributed by atoms with van der Waals surface area (Å²) >= 11 is 0. The Hall–Kier alpha value is -2.62. The van der Waals surface area contributed by atoms with Crippen molar-refractivity contribution in [2.24, 2.45) is 0 Å². The molecule has 0 atom stereocenters. The summed E-state index contributed by atoms with van der Waals surface area (Å²) in [6, 6.07) is 13.7. The van der Waals surface area contributed by atoms with Gasteiger partial charge in [-0.2, -0.15) is 0 Å². The molecule has 0 aliphatic heterocycles. The lowest BCUT2D eigenvalue weighted by Gasteiger charge is -2.09. The molecule has 0 saturated heterocycles. The van der Waals surface area contributed by atoms with E-state index in [2.05, 4.69) is 11.1 Å². The van der Waals surface area contributed by atoms with Crippen LogP contribution in [0.4, 0.5) is 0 Å². The minimum absolute atomic E-state index is 0.287. The smallest absolute Gasteiger partial charge is 0.354 e. The van der Waals surface area contributed by atoms with E-state index in [0.717, 1.165) is 16.5 Å². The number of carbonyl (C=O) groups is 1. The fourth-order valence-electron chi connectivity index (χ4n) is 2.36. The molecule has 3 aromatic rings. The molecule has 4 heteroatoms. The van der Waals surface area contributed by atoms with Gasteiger partial charge in [-0.1, -0.05) is 12.1 Å². The lowest BCUT2D eigenvalue weighted by Crippen LogP contribution is -2.12. The molecule has 4 nitrogen and oxygen atoms in total. The van der Waals surface area contributed by atoms with Crippen molar-refractivity contribution in [1.29, 1.82) is 0 Å². The van der Waals surface area contributed by atoms with E-state index in [-0.39, 0.29) is 5.97 Å². The second kappa shape index (κ2) is 5.79. The third-order valence-corrected chi connectivity index (χ3v) is 3.33. The predicted molar refractivity (Wildman–Crippen MR) is 81.2 cm³/mol. The molecule has 0 fully saturated rings. The van der Waals surface area contributed by atoms with Gasteiger partial charge in [-0.05, 0) is 42.8 Å². The molecule has 0 N–H and O–H groups in total. The summed E-state index contributed by atoms with van der Waals surface area (Å²) in [5.74, 6) is -0.287. The first-order valence-corrected chi connectivity index (χ1v) is 6.94. The standard InChI is InChI=1S/C17H16N2O2/c1-2-21-17(20)16-6-4-10-19(16)12-13-7-8-15-14(11-13)5-3-9-18-15/h3-11H,2,12H2,1H3. The Morgan fingerprint density at radius 3 is 3.00 bits per heavy atom. The van der Waals surface area contributed by atoms with Crippen LogP contribution in [0.5, 0.6) is 0 Å². The molecule has 1 aromatic carbocycles. The SMILES string of the molecule is CCOC(=O)c1cccn1Cc1ccc2ncccc2c1. The number of carbonyl (C=O) groups excluding carboxylic acids is 1. The van der Waals surface area contributed by atoms with Crippen molar-refractivity contribution in [1.82, 2.24) is 9.55 Å². The molecule has 2 aromatic heterocycles. The van der Waals surface area contributed by atoms with Crippen LogP contribution in [0.15, 0.2) is 54.9 Å². The number of hydrogen-bond donors (Lipinski definition) is 0. The highest BCUT2D eigenvalue weighted by atomic mass is 16.5. The van der Waals surface area contributed by atoms with E-state index in [4.69, 9.17) is 4.74 Å². The van der Waals surface area contributed by atoms with E-state index in [9.17, 15) is 4.79 Å². The normalized spacial score (nSPS) is 10.7. The van der Waals surface area contributed by atoms with E-state index in [1.807, 2.05) is 48.0 Å². The van der Waals surface area contributed by atoms with Gasteiger partial charge in [0.25, 0.3) is 0 Å². The molecule has 0 unspecified atom stereocenters. The summed E-state index contributed by atoms with van der Waals surface area (Å²) in [7, 11) is 0. The van der Waals surface area contributed by atoms with Gasteiger partial charge in [-0.25, -0.2) is 4.79 Å². The zero-order valence-corrected chi connectivity index (χ0v) is 11.8. The number of aromatic nitrogens is 2. The molecule has 21 heavy (non-hydrogen) atoms. The zero-order valence-electron chi connectivity index (χ0n) is 11.8. The minimum atomic E-state index is -0.287. The zero-order chi connectivity index (χ0) is 14.7. The molecule has 0 saturated carbocycles. The summed E-state index contributed by atoms with van der Waals surface area (Å²) in [6.45, 7) is 2.82. The number of ether oxygens (including phenoxy) is 1. The third-order valence-electron chi connectivity index (χ3n) is 3.33. The molecule has 106 valence electrons. The number of rotatable bonds is 4. The molecule has 3 rings (SSSR count). The summed E-state index contributed by atoms with van der Waals surface area (Å²) in [5.41, 5.74) is 2.67. The van der Waals surface area contributed by atoms with E-state index < -0.39 is 0 Å². The van der Waals surface area contributed by atoms with Gasteiger partial charge in [0.05, 0.1) is 12.1 Å². The van der Waals surface area contributed by atoms with Gasteiger partial charge in [-0.15, -0.1) is 0 Å². The molecular formula is C17H16N2O2. The quantitative estimate of drug-likeness (QED) is 0.689. The van der Waals surface area contributed by atoms with Gasteiger partial charge < -0.3 is 9.30 Å². The lowest BCUT2D eigenvalue weighted by molar-refractivity contribution is 0.0514. The van der Waals surface area contributed by atoms with E-state index in [1.54, 1.807) is 12.3 Å². The van der Waals surface area contributed by atoms with E-state index in [0.29, 0.717) is 18.8 Å². The molecule has 0 radical (unpaired) electrons. The van der Waals surface area contributed by atoms with Crippen molar-refractivity contribution in [2.45, 2.75) is 13.5 Å². The third kappa shape index (κ3) is 2.79. The van der Waals surface area contributed by atoms with Crippen molar-refractivity contribution >= 4 is 16.9 Å². The summed E-state index contributed by atoms with van der Waals surface area (Å²) < 4.78 is 6.96. The first-order valence-electron chi connectivity index (χ1n) is 6.94. The van der Waals surface area contributed by atoms with Crippen molar-refractivity contribution in [3.63, 3.8) is 0 Å². The highest BCUT2D eigenvalue weighted by Gasteiger charge is 2.11. The Bertz CT molecular complexity index is 777. The largest absolute Gasteiger partial charge is 0.461 e. The first kappa shape index (κ1) is 13.4. The van der Waals surface area contributed by atoms with Gasteiger partial charge in [0.15, 0.2) is 0 Å². The maximum atomic E-state index is 11.9. The molecule has 0 spiro atoms. The molecule has 0 aliphatic carbocycles. The second-order valence-corrected chi connectivity index (χ2v) is 4.77. The van der Waals surface area contributed by atoms with Crippen LogP contribution >= 0.6 is 0 Å². The van der Waals surface area contributed by atoms with Gasteiger partial charge >= 0.3 is 5.97 Å². The summed E-state index contributed by atoms with van der Waals surface area (Å²) in [4.78, 5) is 16.2. The van der Waals surface area contributed by atoms with Crippen LogP contribution in [0, 0.1) is 0 Å². The summed E-state index contributed by atoms with van der Waals surface area (Å²) in [6.07, 6.45) is 3.67. The average Bonchev–Trinajstić information content (AvgIpc) is 2.95. The number of pyridine rings is 1. The average molecular weight is 280 g/mol. The topological polar surface area (TPSA) is 44.1 Å². The van der Waals surface area contributed by atoms with Crippen LogP contribution in [-0.4, -0.2) is 22.1 Å². The van der Waals surface area contributed by atoms with Gasteiger partial charge in [0.2, 0.25) is 0 Å². The van der Waals surface area contributed by atoms with Crippen molar-refractivity contribution < 1.29 is 9.53 Å². The molecule has 0 amide bonds. The highest BCUT2D eigenvalue weighted by Crippen LogP contribution is 2.15. The van der Waals surface area contributed by atoms with Crippen molar-refractivity contribution in [2.75, 3.05) is 6.61 Å². The fraction of sp³-hybridized carbons (Fsp3) is 0.176. The van der Waals surface area contributed by atoms with Crippen LogP contribution < -0.4 is 0 Å². The van der Waals surface area contributed by atoms with Gasteiger partial charge in [0.1, 0.15) is 5.69 Å². The Morgan fingerprint density at radius 2 is 2.14 bits per heavy atom. The Balaban J connectivity index is 1.88. The van der Waals surface area contributed by atoms with Crippen molar-refractivity contribution in [3.05, 3.63) is 66.1 Å². The monoisotopic (exact) mass is 280 g/mol. The van der Waals surface area contributed by atoms with Crippen LogP contribution in [0.2, 0.25) is 0 Å². The molecule has 0 bridgehead atoms. The number of benzene rings is 1. The Kier molecular flexibility index (Phi) is 3.69. The van der Waals surface area contributed by atoms with Crippen LogP contribution in [-0.2, 0) is 11.3 Å². The number of esters is 1. The summed E-state index contributed by atoms with van der Waals surface area (Å²) in [5, 5.41) is 1.10. The molecule has 2 heterocycles. The van der Waals surface area contributed by atoms with Gasteiger partial charge in [-0.3, -0.25) is 4.98 Å². The maximum Gasteiger partial charge on any atom is 0.354 e.